The van der Waals surface area contributed by atoms with Crippen LogP contribution in [0.25, 0.3) is 0 Å². The summed E-state index contributed by atoms with van der Waals surface area (Å²) >= 11 is 0. The molecule has 1 N–H and O–H groups in total. The van der Waals surface area contributed by atoms with Gasteiger partial charge in [-0.05, 0) is 36.8 Å². The second-order valence-corrected chi connectivity index (χ2v) is 10.1. The van der Waals surface area contributed by atoms with E-state index in [1.165, 1.54) is 12.0 Å². The van der Waals surface area contributed by atoms with E-state index in [2.05, 4.69) is 35.2 Å². The van der Waals surface area contributed by atoms with Crippen LogP contribution in [0.15, 0.2) is 60.7 Å². The predicted octanol–water partition coefficient (Wildman–Crippen LogP) is 4.91. The second-order valence-electron chi connectivity index (χ2n) is 10.1. The molecular formula is C28H35NO3. The first-order valence-electron chi connectivity index (χ1n) is 12.4. The Morgan fingerprint density at radius 3 is 2.09 bits per heavy atom. The number of piperidine rings is 1. The Morgan fingerprint density at radius 2 is 1.47 bits per heavy atom. The van der Waals surface area contributed by atoms with Gasteiger partial charge in [0, 0.05) is 37.4 Å². The molecule has 3 aliphatic rings. The van der Waals surface area contributed by atoms with Crippen LogP contribution in [0, 0.1) is 17.8 Å². The predicted molar refractivity (Wildman–Crippen MR) is 125 cm³/mol. The number of rotatable bonds is 6. The molecule has 5 rings (SSSR count). The summed E-state index contributed by atoms with van der Waals surface area (Å²) in [5, 5.41) is 11.9. The lowest BCUT2D eigenvalue weighted by molar-refractivity contribution is -0.187. The molecule has 3 fully saturated rings. The van der Waals surface area contributed by atoms with Crippen molar-refractivity contribution in [3.05, 3.63) is 71.8 Å². The average molecular weight is 434 g/mol. The number of hydrogen-bond acceptors (Lipinski definition) is 4. The minimum atomic E-state index is -1.54. The lowest BCUT2D eigenvalue weighted by Crippen LogP contribution is -2.51. The van der Waals surface area contributed by atoms with Crippen LogP contribution in [-0.4, -0.2) is 35.2 Å². The number of nitrogens with zero attached hydrogens (tertiary/aromatic N) is 1. The van der Waals surface area contributed by atoms with Gasteiger partial charge in [0.2, 0.25) is 0 Å². The number of carbonyl (C=O) groups excluding carboxylic acids is 1. The Balaban J connectivity index is 1.31. The van der Waals surface area contributed by atoms with Crippen molar-refractivity contribution in [2.45, 2.75) is 63.2 Å². The van der Waals surface area contributed by atoms with Gasteiger partial charge in [0.1, 0.15) is 6.10 Å². The number of hydrogen-bond donors (Lipinski definition) is 1. The van der Waals surface area contributed by atoms with Crippen molar-refractivity contribution in [2.24, 2.45) is 17.8 Å². The maximum atomic E-state index is 13.6. The zero-order chi connectivity index (χ0) is 22.0. The number of likely N-dealkylation sites (tertiary alicyclic amines) is 1. The zero-order valence-corrected chi connectivity index (χ0v) is 18.9. The average Bonchev–Trinajstić information content (AvgIpc) is 3.07. The van der Waals surface area contributed by atoms with Gasteiger partial charge < -0.3 is 9.84 Å². The summed E-state index contributed by atoms with van der Waals surface area (Å²) in [4.78, 5) is 16.1. The molecule has 170 valence electrons. The van der Waals surface area contributed by atoms with Gasteiger partial charge in [0.15, 0.2) is 5.60 Å². The van der Waals surface area contributed by atoms with Crippen LogP contribution in [0.1, 0.15) is 56.1 Å². The molecule has 3 unspecified atom stereocenters. The summed E-state index contributed by atoms with van der Waals surface area (Å²) in [6.07, 6.45) is 7.19. The third-order valence-corrected chi connectivity index (χ3v) is 8.04. The first-order chi connectivity index (χ1) is 15.6. The van der Waals surface area contributed by atoms with Gasteiger partial charge in [-0.15, -0.1) is 0 Å². The molecule has 0 aromatic heterocycles. The van der Waals surface area contributed by atoms with Gasteiger partial charge in [-0.2, -0.15) is 0 Å². The minimum Gasteiger partial charge on any atom is -0.459 e. The van der Waals surface area contributed by atoms with Gasteiger partial charge in [-0.1, -0.05) is 79.9 Å². The van der Waals surface area contributed by atoms with Crippen LogP contribution in [-0.2, 0) is 21.7 Å². The van der Waals surface area contributed by atoms with Gasteiger partial charge >= 0.3 is 5.97 Å². The maximum absolute atomic E-state index is 13.6. The van der Waals surface area contributed by atoms with Crippen molar-refractivity contribution in [3.63, 3.8) is 0 Å². The molecule has 3 atom stereocenters. The Hall–Kier alpha value is -2.17. The molecule has 2 bridgehead atoms. The van der Waals surface area contributed by atoms with E-state index < -0.39 is 11.6 Å². The summed E-state index contributed by atoms with van der Waals surface area (Å²) in [5.74, 6) is 0.219. The molecule has 2 saturated carbocycles. The molecule has 4 heteroatoms. The summed E-state index contributed by atoms with van der Waals surface area (Å²) in [5.41, 5.74) is 0.478. The van der Waals surface area contributed by atoms with E-state index in [9.17, 15) is 9.90 Å². The molecule has 1 aliphatic heterocycles. The van der Waals surface area contributed by atoms with E-state index in [1.54, 1.807) is 0 Å². The molecule has 4 nitrogen and oxygen atoms in total. The molecule has 0 amide bonds. The summed E-state index contributed by atoms with van der Waals surface area (Å²) in [6.45, 7) is 2.86. The van der Waals surface area contributed by atoms with Crippen LogP contribution in [0.4, 0.5) is 0 Å². The highest BCUT2D eigenvalue weighted by Gasteiger charge is 2.51. The number of carbonyl (C=O) groups is 1. The molecule has 0 spiro atoms. The third kappa shape index (κ3) is 4.23. The zero-order valence-electron chi connectivity index (χ0n) is 18.9. The topological polar surface area (TPSA) is 49.8 Å². The molecule has 2 aromatic rings. The van der Waals surface area contributed by atoms with Crippen molar-refractivity contribution in [2.75, 3.05) is 13.1 Å². The normalized spacial score (nSPS) is 28.2. The van der Waals surface area contributed by atoms with Gasteiger partial charge in [-0.3, -0.25) is 4.90 Å². The smallest absolute Gasteiger partial charge is 0.343 e. The molecule has 0 radical (unpaired) electrons. The van der Waals surface area contributed by atoms with Crippen LogP contribution >= 0.6 is 0 Å². The van der Waals surface area contributed by atoms with Crippen LogP contribution < -0.4 is 0 Å². The van der Waals surface area contributed by atoms with Crippen molar-refractivity contribution in [3.8, 4) is 0 Å². The van der Waals surface area contributed by atoms with Gasteiger partial charge in [-0.25, -0.2) is 4.79 Å². The third-order valence-electron chi connectivity index (χ3n) is 8.04. The number of fused-ring (bicyclic) bond motifs is 2. The van der Waals surface area contributed by atoms with E-state index >= 15 is 0 Å². The Labute approximate surface area is 191 Å². The monoisotopic (exact) mass is 433 g/mol. The van der Waals surface area contributed by atoms with E-state index in [0.717, 1.165) is 58.2 Å². The van der Waals surface area contributed by atoms with E-state index in [1.807, 2.05) is 30.3 Å². The van der Waals surface area contributed by atoms with E-state index in [0.29, 0.717) is 17.4 Å². The van der Waals surface area contributed by atoms with Crippen LogP contribution in [0.5, 0.6) is 0 Å². The molecule has 1 heterocycles. The fourth-order valence-corrected chi connectivity index (χ4v) is 6.38. The SMILES string of the molecule is O=C(OC1C2CCC1CN(Cc1ccccc1)C2)C(O)(c1ccccc1)C1CCCCC1. The first kappa shape index (κ1) is 21.7. The highest BCUT2D eigenvalue weighted by Crippen LogP contribution is 2.44. The second kappa shape index (κ2) is 9.36. The number of esters is 1. The fraction of sp³-hybridized carbons (Fsp3) is 0.536. The number of aliphatic hydroxyl groups is 1. The minimum absolute atomic E-state index is 0.0676. The summed E-state index contributed by atoms with van der Waals surface area (Å²) in [7, 11) is 0. The van der Waals surface area contributed by atoms with E-state index in [4.69, 9.17) is 4.74 Å². The maximum Gasteiger partial charge on any atom is 0.343 e. The lowest BCUT2D eigenvalue weighted by Gasteiger charge is -2.41. The standard InChI is InChI=1S/C28H35NO3/c30-27(28(31,24-12-6-2-7-13-24)25-14-8-3-9-15-25)32-26-22-16-17-23(26)20-29(19-22)18-21-10-4-1-5-11-21/h1-2,4-7,10-13,22-23,25-26,31H,3,8-9,14-20H2. The Bertz CT molecular complexity index is 881. The Kier molecular flexibility index (Phi) is 6.34. The van der Waals surface area contributed by atoms with Crippen molar-refractivity contribution >= 4 is 5.97 Å². The lowest BCUT2D eigenvalue weighted by atomic mass is 9.73. The molecule has 2 aromatic carbocycles. The number of benzene rings is 2. The summed E-state index contributed by atoms with van der Waals surface area (Å²) in [6, 6.07) is 20.1. The first-order valence-corrected chi connectivity index (χ1v) is 12.4. The molecule has 32 heavy (non-hydrogen) atoms. The Morgan fingerprint density at radius 1 is 0.875 bits per heavy atom. The van der Waals surface area contributed by atoms with Gasteiger partial charge in [0.25, 0.3) is 0 Å². The van der Waals surface area contributed by atoms with Crippen molar-refractivity contribution in [1.29, 1.82) is 0 Å². The molecular weight excluding hydrogens is 398 g/mol. The van der Waals surface area contributed by atoms with Crippen LogP contribution in [0.2, 0.25) is 0 Å². The number of ether oxygens (including phenoxy) is 1. The fourth-order valence-electron chi connectivity index (χ4n) is 6.38. The van der Waals surface area contributed by atoms with Crippen molar-refractivity contribution < 1.29 is 14.6 Å². The highest BCUT2D eigenvalue weighted by atomic mass is 16.6. The quantitative estimate of drug-likeness (QED) is 0.658. The summed E-state index contributed by atoms with van der Waals surface area (Å²) < 4.78 is 6.23. The van der Waals surface area contributed by atoms with Crippen molar-refractivity contribution in [1.82, 2.24) is 4.90 Å². The highest BCUT2D eigenvalue weighted by molar-refractivity contribution is 5.81. The van der Waals surface area contributed by atoms with Gasteiger partial charge in [0.05, 0.1) is 0 Å². The largest absolute Gasteiger partial charge is 0.459 e. The molecule has 1 saturated heterocycles. The van der Waals surface area contributed by atoms with Crippen LogP contribution in [0.3, 0.4) is 0 Å². The molecule has 2 aliphatic carbocycles. The van der Waals surface area contributed by atoms with E-state index in [-0.39, 0.29) is 12.0 Å².